The Labute approximate surface area is 116 Å². The van der Waals surface area contributed by atoms with Crippen LogP contribution >= 0.6 is 11.6 Å². The van der Waals surface area contributed by atoms with Gasteiger partial charge in [0.05, 0.1) is 0 Å². The summed E-state index contributed by atoms with van der Waals surface area (Å²) in [6.07, 6.45) is 2.03. The fourth-order valence-electron chi connectivity index (χ4n) is 2.36. The van der Waals surface area contributed by atoms with Gasteiger partial charge in [-0.3, -0.25) is 4.90 Å². The molecule has 2 N–H and O–H groups in total. The zero-order valence-electron chi connectivity index (χ0n) is 10.5. The van der Waals surface area contributed by atoms with E-state index in [2.05, 4.69) is 9.64 Å². The predicted molar refractivity (Wildman–Crippen MR) is 70.6 cm³/mol. The molecule has 0 bridgehead atoms. The molecule has 0 unspecified atom stereocenters. The van der Waals surface area contributed by atoms with Crippen molar-refractivity contribution in [2.24, 2.45) is 5.73 Å². The van der Waals surface area contributed by atoms with Gasteiger partial charge in [-0.2, -0.15) is 8.78 Å². The largest absolute Gasteiger partial charge is 0.434 e. The van der Waals surface area contributed by atoms with Crippen LogP contribution in [0, 0.1) is 0 Å². The van der Waals surface area contributed by atoms with Gasteiger partial charge in [0, 0.05) is 29.7 Å². The Morgan fingerprint density at radius 2 is 2.26 bits per heavy atom. The molecule has 6 heteroatoms. The van der Waals surface area contributed by atoms with Gasteiger partial charge < -0.3 is 10.5 Å². The number of piperidine rings is 1. The lowest BCUT2D eigenvalue weighted by Crippen LogP contribution is -2.42. The summed E-state index contributed by atoms with van der Waals surface area (Å²) in [7, 11) is 0. The minimum atomic E-state index is -2.83. The molecule has 1 aliphatic heterocycles. The van der Waals surface area contributed by atoms with Crippen molar-refractivity contribution in [3.8, 4) is 5.75 Å². The Hall–Kier alpha value is -0.910. The molecule has 3 nitrogen and oxygen atoms in total. The summed E-state index contributed by atoms with van der Waals surface area (Å²) in [4.78, 5) is 2.14. The summed E-state index contributed by atoms with van der Waals surface area (Å²) in [5.41, 5.74) is 6.58. The third-order valence-electron chi connectivity index (χ3n) is 3.17. The van der Waals surface area contributed by atoms with Gasteiger partial charge in [0.25, 0.3) is 0 Å². The average Bonchev–Trinajstić information content (AvgIpc) is 2.32. The summed E-state index contributed by atoms with van der Waals surface area (Å²) in [6, 6.07) is 4.84. The number of nitrogens with two attached hydrogens (primary N) is 1. The average molecular weight is 291 g/mol. The van der Waals surface area contributed by atoms with E-state index < -0.39 is 6.61 Å². The molecule has 0 radical (unpaired) electrons. The summed E-state index contributed by atoms with van der Waals surface area (Å²) >= 11 is 5.91. The molecule has 0 saturated carbocycles. The topological polar surface area (TPSA) is 38.5 Å². The lowest BCUT2D eigenvalue weighted by Gasteiger charge is -2.31. The van der Waals surface area contributed by atoms with Crippen molar-refractivity contribution in [3.63, 3.8) is 0 Å². The molecule has 0 amide bonds. The number of ether oxygens (including phenoxy) is 1. The van der Waals surface area contributed by atoms with Gasteiger partial charge in [-0.15, -0.1) is 0 Å². The highest BCUT2D eigenvalue weighted by Gasteiger charge is 2.19. The number of likely N-dealkylation sites (tertiary alicyclic amines) is 1. The number of rotatable bonds is 4. The van der Waals surface area contributed by atoms with Crippen LogP contribution in [0.4, 0.5) is 8.78 Å². The van der Waals surface area contributed by atoms with Crippen LogP contribution in [0.2, 0.25) is 5.02 Å². The molecule has 106 valence electrons. The van der Waals surface area contributed by atoms with E-state index in [-0.39, 0.29) is 11.8 Å². The smallest absolute Gasteiger partial charge is 0.387 e. The van der Waals surface area contributed by atoms with Gasteiger partial charge in [-0.1, -0.05) is 11.6 Å². The van der Waals surface area contributed by atoms with E-state index in [0.717, 1.165) is 25.9 Å². The summed E-state index contributed by atoms with van der Waals surface area (Å²) in [5.74, 6) is 0.179. The standard InChI is InChI=1S/C13H17ClF2N2O/c14-10-3-4-12(19-13(15)16)9(6-10)7-18-5-1-2-11(17)8-18/h3-4,6,11,13H,1-2,5,7-8,17H2/t11-/m1/s1. The van der Waals surface area contributed by atoms with E-state index in [1.54, 1.807) is 12.1 Å². The molecule has 1 aliphatic rings. The van der Waals surface area contributed by atoms with Crippen LogP contribution in [-0.2, 0) is 6.54 Å². The Balaban J connectivity index is 2.10. The molecule has 19 heavy (non-hydrogen) atoms. The van der Waals surface area contributed by atoms with Gasteiger partial charge in [0.1, 0.15) is 5.75 Å². The van der Waals surface area contributed by atoms with Crippen molar-refractivity contribution in [3.05, 3.63) is 28.8 Å². The second-order valence-corrected chi connectivity index (χ2v) is 5.20. The van der Waals surface area contributed by atoms with Gasteiger partial charge in [-0.05, 0) is 37.6 Å². The molecule has 0 aliphatic carbocycles. The van der Waals surface area contributed by atoms with E-state index in [4.69, 9.17) is 17.3 Å². The van der Waals surface area contributed by atoms with Crippen LogP contribution < -0.4 is 10.5 Å². The molecule has 1 heterocycles. The second-order valence-electron chi connectivity index (χ2n) is 4.77. The fourth-order valence-corrected chi connectivity index (χ4v) is 2.55. The highest BCUT2D eigenvalue weighted by Crippen LogP contribution is 2.26. The monoisotopic (exact) mass is 290 g/mol. The molecule has 0 aromatic heterocycles. The van der Waals surface area contributed by atoms with Crippen molar-refractivity contribution in [2.75, 3.05) is 13.1 Å². The normalized spacial score (nSPS) is 20.8. The molecular weight excluding hydrogens is 274 g/mol. The molecule has 1 saturated heterocycles. The van der Waals surface area contributed by atoms with E-state index in [1.807, 2.05) is 0 Å². The number of alkyl halides is 2. The van der Waals surface area contributed by atoms with E-state index in [9.17, 15) is 8.78 Å². The summed E-state index contributed by atoms with van der Waals surface area (Å²) in [6.45, 7) is -0.630. The highest BCUT2D eigenvalue weighted by molar-refractivity contribution is 6.30. The van der Waals surface area contributed by atoms with Gasteiger partial charge >= 0.3 is 6.61 Å². The summed E-state index contributed by atoms with van der Waals surface area (Å²) < 4.78 is 29.2. The molecule has 1 aromatic carbocycles. The van der Waals surface area contributed by atoms with Gasteiger partial charge in [-0.25, -0.2) is 0 Å². The Morgan fingerprint density at radius 3 is 2.95 bits per heavy atom. The quantitative estimate of drug-likeness (QED) is 0.927. The zero-order valence-corrected chi connectivity index (χ0v) is 11.2. The molecule has 2 rings (SSSR count). The van der Waals surface area contributed by atoms with Gasteiger partial charge in [0.2, 0.25) is 0 Å². The maximum Gasteiger partial charge on any atom is 0.387 e. The van der Waals surface area contributed by atoms with Crippen LogP contribution in [0.15, 0.2) is 18.2 Å². The Kier molecular flexibility index (Phi) is 4.96. The first kappa shape index (κ1) is 14.5. The van der Waals surface area contributed by atoms with Crippen LogP contribution in [0.3, 0.4) is 0 Å². The number of hydrogen-bond donors (Lipinski definition) is 1. The maximum absolute atomic E-state index is 12.4. The van der Waals surface area contributed by atoms with E-state index in [1.165, 1.54) is 6.07 Å². The molecule has 0 spiro atoms. The van der Waals surface area contributed by atoms with Crippen molar-refractivity contribution >= 4 is 11.6 Å². The number of hydrogen-bond acceptors (Lipinski definition) is 3. The highest BCUT2D eigenvalue weighted by atomic mass is 35.5. The Morgan fingerprint density at radius 1 is 1.47 bits per heavy atom. The van der Waals surface area contributed by atoms with Crippen molar-refractivity contribution < 1.29 is 13.5 Å². The molecule has 1 atom stereocenters. The van der Waals surface area contributed by atoms with Gasteiger partial charge in [0.15, 0.2) is 0 Å². The lowest BCUT2D eigenvalue weighted by atomic mass is 10.1. The first-order valence-corrected chi connectivity index (χ1v) is 6.63. The first-order valence-electron chi connectivity index (χ1n) is 6.26. The number of nitrogens with zero attached hydrogens (tertiary/aromatic N) is 1. The predicted octanol–water partition coefficient (Wildman–Crippen LogP) is 2.86. The van der Waals surface area contributed by atoms with Crippen LogP contribution in [0.5, 0.6) is 5.75 Å². The summed E-state index contributed by atoms with van der Waals surface area (Å²) in [5, 5.41) is 0.512. The number of halogens is 3. The minimum Gasteiger partial charge on any atom is -0.434 e. The van der Waals surface area contributed by atoms with Crippen LogP contribution in [0.1, 0.15) is 18.4 Å². The second kappa shape index (κ2) is 6.50. The van der Waals surface area contributed by atoms with Crippen molar-refractivity contribution in [1.29, 1.82) is 0 Å². The lowest BCUT2D eigenvalue weighted by molar-refractivity contribution is -0.0508. The van der Waals surface area contributed by atoms with Crippen LogP contribution in [-0.4, -0.2) is 30.6 Å². The van der Waals surface area contributed by atoms with Crippen molar-refractivity contribution in [2.45, 2.75) is 32.0 Å². The third-order valence-corrected chi connectivity index (χ3v) is 3.41. The minimum absolute atomic E-state index is 0.146. The molecular formula is C13H17ClF2N2O. The van der Waals surface area contributed by atoms with E-state index >= 15 is 0 Å². The molecule has 1 aromatic rings. The first-order chi connectivity index (χ1) is 9.04. The third kappa shape index (κ3) is 4.30. The SMILES string of the molecule is N[C@@H]1CCCN(Cc2cc(Cl)ccc2OC(F)F)C1. The fraction of sp³-hybridized carbons (Fsp3) is 0.538. The number of benzene rings is 1. The van der Waals surface area contributed by atoms with Crippen molar-refractivity contribution in [1.82, 2.24) is 4.90 Å². The van der Waals surface area contributed by atoms with Crippen LogP contribution in [0.25, 0.3) is 0 Å². The molecule has 1 fully saturated rings. The maximum atomic E-state index is 12.4. The zero-order chi connectivity index (χ0) is 13.8. The Bertz CT molecular complexity index is 431. The van der Waals surface area contributed by atoms with E-state index in [0.29, 0.717) is 17.1 Å².